The first-order valence-electron chi connectivity index (χ1n) is 13.6. The van der Waals surface area contributed by atoms with Gasteiger partial charge in [0.2, 0.25) is 5.91 Å². The van der Waals surface area contributed by atoms with Crippen LogP contribution in [0, 0.1) is 6.92 Å². The molecule has 212 valence electrons. The van der Waals surface area contributed by atoms with E-state index in [-0.39, 0.29) is 17.2 Å². The summed E-state index contributed by atoms with van der Waals surface area (Å²) in [6, 6.07) is 16.1. The predicted molar refractivity (Wildman–Crippen MR) is 157 cm³/mol. The molecule has 41 heavy (non-hydrogen) atoms. The van der Waals surface area contributed by atoms with Crippen LogP contribution in [0.25, 0.3) is 33.2 Å². The van der Waals surface area contributed by atoms with Crippen LogP contribution in [0.15, 0.2) is 71.9 Å². The highest BCUT2D eigenvalue weighted by molar-refractivity contribution is 7.90. The van der Waals surface area contributed by atoms with Crippen LogP contribution >= 0.6 is 0 Å². The lowest BCUT2D eigenvalue weighted by Crippen LogP contribution is -2.41. The number of fused-ring (bicyclic) bond motifs is 3. The molecule has 2 aromatic carbocycles. The molecule has 0 unspecified atom stereocenters. The minimum atomic E-state index is -4.01. The number of pyridine rings is 1. The molecule has 0 bridgehead atoms. The number of aryl methyl sites for hydroxylation is 2. The second-order valence-electron chi connectivity index (χ2n) is 10.4. The average Bonchev–Trinajstić information content (AvgIpc) is 3.55. The van der Waals surface area contributed by atoms with E-state index in [4.69, 9.17) is 4.74 Å². The van der Waals surface area contributed by atoms with Gasteiger partial charge in [-0.25, -0.2) is 17.4 Å². The maximum absolute atomic E-state index is 14.1. The largest absolute Gasteiger partial charge is 0.379 e. The number of benzene rings is 2. The molecule has 11 heteroatoms. The zero-order valence-electron chi connectivity index (χ0n) is 23.1. The molecule has 6 rings (SSSR count). The van der Waals surface area contributed by atoms with Gasteiger partial charge in [-0.2, -0.15) is 5.10 Å². The maximum Gasteiger partial charge on any atom is 0.269 e. The molecule has 1 amide bonds. The fourth-order valence-electron chi connectivity index (χ4n) is 5.32. The predicted octanol–water partition coefficient (Wildman–Crippen LogP) is 3.13. The minimum Gasteiger partial charge on any atom is -0.379 e. The first-order valence-corrected chi connectivity index (χ1v) is 15.1. The molecule has 1 saturated heterocycles. The molecule has 1 aliphatic rings. The number of hydrogen-bond donors (Lipinski definition) is 1. The Morgan fingerprint density at radius 1 is 1.05 bits per heavy atom. The van der Waals surface area contributed by atoms with Gasteiger partial charge in [0.1, 0.15) is 0 Å². The van der Waals surface area contributed by atoms with E-state index in [0.717, 1.165) is 54.9 Å². The molecule has 3 aromatic heterocycles. The van der Waals surface area contributed by atoms with Crippen molar-refractivity contribution < 1.29 is 17.9 Å². The van der Waals surface area contributed by atoms with E-state index in [9.17, 15) is 13.2 Å². The van der Waals surface area contributed by atoms with Gasteiger partial charge in [0.15, 0.2) is 5.65 Å². The number of morpholine rings is 1. The van der Waals surface area contributed by atoms with E-state index < -0.39 is 10.0 Å². The zero-order valence-corrected chi connectivity index (χ0v) is 23.9. The van der Waals surface area contributed by atoms with Crippen LogP contribution in [0.1, 0.15) is 11.1 Å². The Labute approximate surface area is 238 Å². The van der Waals surface area contributed by atoms with Gasteiger partial charge in [-0.15, -0.1) is 0 Å². The van der Waals surface area contributed by atoms with Crippen LogP contribution in [0.2, 0.25) is 0 Å². The van der Waals surface area contributed by atoms with Crippen LogP contribution in [0.3, 0.4) is 0 Å². The molecular weight excluding hydrogens is 540 g/mol. The Bertz CT molecular complexity index is 1840. The van der Waals surface area contributed by atoms with Gasteiger partial charge in [0.25, 0.3) is 10.0 Å². The first-order chi connectivity index (χ1) is 19.8. The minimum absolute atomic E-state index is 0.0820. The van der Waals surface area contributed by atoms with E-state index in [0.29, 0.717) is 28.8 Å². The number of carbonyl (C=O) groups is 1. The van der Waals surface area contributed by atoms with Crippen molar-refractivity contribution in [3.05, 3.63) is 78.1 Å². The average molecular weight is 573 g/mol. The number of rotatable bonds is 8. The summed E-state index contributed by atoms with van der Waals surface area (Å²) in [4.78, 5) is 19.8. The fourth-order valence-corrected chi connectivity index (χ4v) is 6.80. The second kappa shape index (κ2) is 11.1. The van der Waals surface area contributed by atoms with Crippen LogP contribution in [-0.4, -0.2) is 77.4 Å². The summed E-state index contributed by atoms with van der Waals surface area (Å²) >= 11 is 0. The van der Waals surface area contributed by atoms with Crippen molar-refractivity contribution in [1.82, 2.24) is 29.0 Å². The Morgan fingerprint density at radius 2 is 1.83 bits per heavy atom. The van der Waals surface area contributed by atoms with Gasteiger partial charge in [-0.3, -0.25) is 14.4 Å². The van der Waals surface area contributed by atoms with E-state index in [1.807, 2.05) is 44.3 Å². The molecule has 0 atom stereocenters. The summed E-state index contributed by atoms with van der Waals surface area (Å²) in [5.74, 6) is -0.0820. The lowest BCUT2D eigenvalue weighted by Gasteiger charge is -2.26. The topological polar surface area (TPSA) is 111 Å². The standard InChI is InChI=1S/C30H32N6O4S/c1-21-6-8-25(9-7-21)41(38,39)36-27(18-26-29-24(19-32-30(26)36)20-33-34(29)2)23-5-3-4-22(16-23)17-28(37)31-10-11-35-12-14-40-15-13-35/h3-9,16,18-20H,10-15,17H2,1-2H3,(H,31,37). The van der Waals surface area contributed by atoms with Crippen molar-refractivity contribution in [3.8, 4) is 11.3 Å². The highest BCUT2D eigenvalue weighted by Crippen LogP contribution is 2.35. The van der Waals surface area contributed by atoms with Gasteiger partial charge in [0, 0.05) is 50.2 Å². The van der Waals surface area contributed by atoms with E-state index in [1.165, 1.54) is 3.97 Å². The molecule has 0 aliphatic carbocycles. The number of hydrogen-bond acceptors (Lipinski definition) is 7. The quantitative estimate of drug-likeness (QED) is 0.304. The Kier molecular flexibility index (Phi) is 7.33. The van der Waals surface area contributed by atoms with Gasteiger partial charge in [-0.1, -0.05) is 35.9 Å². The molecule has 0 saturated carbocycles. The number of carbonyl (C=O) groups excluding carboxylic acids is 1. The SMILES string of the molecule is Cc1ccc(S(=O)(=O)n2c(-c3cccc(CC(=O)NCCN4CCOCC4)c3)cc3c4c(cnc32)cnn4C)cc1. The molecule has 4 heterocycles. The van der Waals surface area contributed by atoms with Gasteiger partial charge < -0.3 is 10.1 Å². The fraction of sp³-hybridized carbons (Fsp3) is 0.300. The van der Waals surface area contributed by atoms with Crippen LogP contribution in [-0.2, 0) is 33.0 Å². The number of aromatic nitrogens is 4. The van der Waals surface area contributed by atoms with Crippen molar-refractivity contribution >= 4 is 37.9 Å². The summed E-state index contributed by atoms with van der Waals surface area (Å²) in [5.41, 5.74) is 4.01. The number of amides is 1. The van der Waals surface area contributed by atoms with Crippen LogP contribution < -0.4 is 5.32 Å². The van der Waals surface area contributed by atoms with Crippen molar-refractivity contribution in [3.63, 3.8) is 0 Å². The second-order valence-corrected chi connectivity index (χ2v) is 12.1. The molecule has 1 aliphatic heterocycles. The lowest BCUT2D eigenvalue weighted by molar-refractivity contribution is -0.120. The van der Waals surface area contributed by atoms with Crippen molar-refractivity contribution in [2.24, 2.45) is 7.05 Å². The molecule has 0 spiro atoms. The maximum atomic E-state index is 14.1. The normalized spacial score (nSPS) is 14.6. The third-order valence-corrected chi connectivity index (χ3v) is 9.20. The van der Waals surface area contributed by atoms with Gasteiger partial charge in [-0.05, 0) is 42.3 Å². The summed E-state index contributed by atoms with van der Waals surface area (Å²) in [6.07, 6.45) is 3.55. The molecule has 1 fully saturated rings. The number of ether oxygens (including phenoxy) is 1. The van der Waals surface area contributed by atoms with E-state index in [1.54, 1.807) is 41.3 Å². The Morgan fingerprint density at radius 3 is 2.61 bits per heavy atom. The number of nitrogens with zero attached hydrogens (tertiary/aromatic N) is 5. The Balaban J connectivity index is 1.36. The third-order valence-electron chi connectivity index (χ3n) is 7.48. The van der Waals surface area contributed by atoms with E-state index >= 15 is 0 Å². The molecule has 1 N–H and O–H groups in total. The van der Waals surface area contributed by atoms with Crippen LogP contribution in [0.4, 0.5) is 0 Å². The molecule has 10 nitrogen and oxygen atoms in total. The monoisotopic (exact) mass is 572 g/mol. The van der Waals surface area contributed by atoms with Crippen molar-refractivity contribution in [2.75, 3.05) is 39.4 Å². The molecule has 0 radical (unpaired) electrons. The summed E-state index contributed by atoms with van der Waals surface area (Å²) in [6.45, 7) is 6.44. The summed E-state index contributed by atoms with van der Waals surface area (Å²) in [5, 5.41) is 8.85. The van der Waals surface area contributed by atoms with Crippen molar-refractivity contribution in [2.45, 2.75) is 18.2 Å². The van der Waals surface area contributed by atoms with E-state index in [2.05, 4.69) is 20.3 Å². The van der Waals surface area contributed by atoms with Gasteiger partial charge in [0.05, 0.1) is 41.9 Å². The third kappa shape index (κ3) is 5.35. The van der Waals surface area contributed by atoms with Crippen molar-refractivity contribution in [1.29, 1.82) is 0 Å². The lowest BCUT2D eigenvalue weighted by atomic mass is 10.1. The van der Waals surface area contributed by atoms with Gasteiger partial charge >= 0.3 is 0 Å². The molecule has 5 aromatic rings. The van der Waals surface area contributed by atoms with Crippen LogP contribution in [0.5, 0.6) is 0 Å². The summed E-state index contributed by atoms with van der Waals surface area (Å²) < 4.78 is 36.6. The molecular formula is C30H32N6O4S. The smallest absolute Gasteiger partial charge is 0.269 e. The zero-order chi connectivity index (χ0) is 28.6. The highest BCUT2D eigenvalue weighted by atomic mass is 32.2. The number of nitrogens with one attached hydrogen (secondary N) is 1. The highest BCUT2D eigenvalue weighted by Gasteiger charge is 2.26. The Hall–Kier alpha value is -4.06. The summed E-state index contributed by atoms with van der Waals surface area (Å²) in [7, 11) is -2.18. The first kappa shape index (κ1) is 27.1.